The normalized spacial score (nSPS) is 11.2. The van der Waals surface area contributed by atoms with E-state index in [9.17, 15) is 0 Å². The lowest BCUT2D eigenvalue weighted by molar-refractivity contribution is 0.351. The minimum Gasteiger partial charge on any atom is -0.493 e. The Morgan fingerprint density at radius 2 is 1.86 bits per heavy atom. The van der Waals surface area contributed by atoms with Crippen LogP contribution in [-0.2, 0) is 13.0 Å². The Morgan fingerprint density at radius 3 is 2.52 bits per heavy atom. The van der Waals surface area contributed by atoms with Crippen LogP contribution < -0.4 is 20.1 Å². The number of rotatable bonds is 8. The van der Waals surface area contributed by atoms with E-state index in [1.165, 1.54) is 5.56 Å². The molecule has 0 radical (unpaired) electrons. The molecule has 3 aromatic rings. The fourth-order valence-electron chi connectivity index (χ4n) is 3.05. The number of guanidine groups is 1. The summed E-state index contributed by atoms with van der Waals surface area (Å²) in [7, 11) is 5.04. The van der Waals surface area contributed by atoms with Crippen molar-refractivity contribution in [1.82, 2.24) is 20.4 Å². The molecule has 2 aromatic carbocycles. The van der Waals surface area contributed by atoms with Crippen molar-refractivity contribution in [1.29, 1.82) is 0 Å². The second kappa shape index (κ2) is 10.2. The van der Waals surface area contributed by atoms with Gasteiger partial charge in [-0.05, 0) is 36.2 Å². The summed E-state index contributed by atoms with van der Waals surface area (Å²) >= 11 is 0. The first-order valence-corrected chi connectivity index (χ1v) is 9.48. The molecule has 0 aliphatic rings. The van der Waals surface area contributed by atoms with E-state index in [0.29, 0.717) is 12.3 Å². The molecule has 2 N–H and O–H groups in total. The zero-order chi connectivity index (χ0) is 20.5. The molecule has 0 spiro atoms. The minimum absolute atomic E-state index is 0.582. The first kappa shape index (κ1) is 20.3. The average Bonchev–Trinajstić information content (AvgIpc) is 3.31. The third kappa shape index (κ3) is 5.28. The third-order valence-corrected chi connectivity index (χ3v) is 4.57. The van der Waals surface area contributed by atoms with Crippen molar-refractivity contribution in [3.05, 3.63) is 72.1 Å². The van der Waals surface area contributed by atoms with Crippen molar-refractivity contribution >= 4 is 5.96 Å². The van der Waals surface area contributed by atoms with Crippen LogP contribution in [-0.4, -0.2) is 43.6 Å². The molecule has 1 aromatic heterocycles. The predicted molar refractivity (Wildman–Crippen MR) is 115 cm³/mol. The van der Waals surface area contributed by atoms with E-state index in [-0.39, 0.29) is 0 Å². The summed E-state index contributed by atoms with van der Waals surface area (Å²) in [6, 6.07) is 16.1. The zero-order valence-electron chi connectivity index (χ0n) is 17.1. The van der Waals surface area contributed by atoms with Crippen LogP contribution in [0.2, 0.25) is 0 Å². The van der Waals surface area contributed by atoms with Gasteiger partial charge in [0.1, 0.15) is 0 Å². The topological polar surface area (TPSA) is 72.7 Å². The van der Waals surface area contributed by atoms with Gasteiger partial charge in [-0.2, -0.15) is 5.10 Å². The standard InChI is InChI=1S/C22H27N5O2/c1-23-22(25-16-18-6-4-7-20(28-2)21(18)29-3)24-14-12-17-8-10-19(11-9-17)27-15-5-13-26-27/h4-11,13,15H,12,14,16H2,1-3H3,(H2,23,24,25). The molecule has 7 heteroatoms. The van der Waals surface area contributed by atoms with Gasteiger partial charge in [0, 0.05) is 38.1 Å². The van der Waals surface area contributed by atoms with Gasteiger partial charge in [-0.3, -0.25) is 4.99 Å². The van der Waals surface area contributed by atoms with Crippen LogP contribution in [0.4, 0.5) is 0 Å². The molecule has 0 bridgehead atoms. The van der Waals surface area contributed by atoms with Gasteiger partial charge in [-0.1, -0.05) is 24.3 Å². The SMILES string of the molecule is CN=C(NCCc1ccc(-n2cccn2)cc1)NCc1cccc(OC)c1OC. The van der Waals surface area contributed by atoms with Crippen LogP contribution in [0.5, 0.6) is 11.5 Å². The maximum atomic E-state index is 5.48. The largest absolute Gasteiger partial charge is 0.493 e. The molecule has 0 aliphatic heterocycles. The Labute approximate surface area is 171 Å². The summed E-state index contributed by atoms with van der Waals surface area (Å²) in [6.45, 7) is 1.36. The number of methoxy groups -OCH3 is 2. The lowest BCUT2D eigenvalue weighted by atomic mass is 10.1. The van der Waals surface area contributed by atoms with Crippen molar-refractivity contribution in [3.63, 3.8) is 0 Å². The number of hydrogen-bond acceptors (Lipinski definition) is 4. The molecule has 1 heterocycles. The third-order valence-electron chi connectivity index (χ3n) is 4.57. The van der Waals surface area contributed by atoms with E-state index < -0.39 is 0 Å². The molecule has 0 unspecified atom stereocenters. The minimum atomic E-state index is 0.582. The highest BCUT2D eigenvalue weighted by Crippen LogP contribution is 2.30. The van der Waals surface area contributed by atoms with Gasteiger partial charge in [0.2, 0.25) is 0 Å². The Hall–Kier alpha value is -3.48. The molecular formula is C22H27N5O2. The maximum Gasteiger partial charge on any atom is 0.191 e. The fraction of sp³-hybridized carbons (Fsp3) is 0.273. The van der Waals surface area contributed by atoms with Gasteiger partial charge >= 0.3 is 0 Å². The van der Waals surface area contributed by atoms with Crippen molar-refractivity contribution in [3.8, 4) is 17.2 Å². The number of para-hydroxylation sites is 1. The number of aliphatic imine (C=N–C) groups is 1. The van der Waals surface area contributed by atoms with Crippen LogP contribution >= 0.6 is 0 Å². The van der Waals surface area contributed by atoms with Crippen molar-refractivity contribution in [2.75, 3.05) is 27.8 Å². The molecular weight excluding hydrogens is 366 g/mol. The van der Waals surface area contributed by atoms with Crippen LogP contribution in [0.15, 0.2) is 65.9 Å². The number of nitrogens with zero attached hydrogens (tertiary/aromatic N) is 3. The highest BCUT2D eigenvalue weighted by Gasteiger charge is 2.09. The number of nitrogens with one attached hydrogen (secondary N) is 2. The lowest BCUT2D eigenvalue weighted by Gasteiger charge is -2.15. The molecule has 152 valence electrons. The number of hydrogen-bond donors (Lipinski definition) is 2. The van der Waals surface area contributed by atoms with E-state index in [1.54, 1.807) is 27.5 Å². The van der Waals surface area contributed by atoms with E-state index in [0.717, 1.165) is 35.9 Å². The van der Waals surface area contributed by atoms with Gasteiger partial charge in [0.15, 0.2) is 17.5 Å². The van der Waals surface area contributed by atoms with Crippen molar-refractivity contribution in [2.24, 2.45) is 4.99 Å². The molecule has 0 fully saturated rings. The summed E-state index contributed by atoms with van der Waals surface area (Å²) < 4.78 is 12.7. The molecule has 3 rings (SSSR count). The smallest absolute Gasteiger partial charge is 0.191 e. The monoisotopic (exact) mass is 393 g/mol. The van der Waals surface area contributed by atoms with Gasteiger partial charge in [-0.25, -0.2) is 4.68 Å². The highest BCUT2D eigenvalue weighted by molar-refractivity contribution is 5.79. The maximum absolute atomic E-state index is 5.48. The first-order chi connectivity index (χ1) is 14.2. The number of benzene rings is 2. The molecule has 7 nitrogen and oxygen atoms in total. The molecule has 0 atom stereocenters. The fourth-order valence-corrected chi connectivity index (χ4v) is 3.05. The molecule has 29 heavy (non-hydrogen) atoms. The van der Waals surface area contributed by atoms with Gasteiger partial charge < -0.3 is 20.1 Å². The van der Waals surface area contributed by atoms with E-state index in [1.807, 2.05) is 35.1 Å². The average molecular weight is 393 g/mol. The van der Waals surface area contributed by atoms with E-state index in [4.69, 9.17) is 9.47 Å². The molecule has 0 amide bonds. The molecule has 0 aliphatic carbocycles. The highest BCUT2D eigenvalue weighted by atomic mass is 16.5. The van der Waals surface area contributed by atoms with Gasteiger partial charge in [-0.15, -0.1) is 0 Å². The Bertz CT molecular complexity index is 921. The van der Waals surface area contributed by atoms with Crippen molar-refractivity contribution in [2.45, 2.75) is 13.0 Å². The van der Waals surface area contributed by atoms with E-state index >= 15 is 0 Å². The van der Waals surface area contributed by atoms with E-state index in [2.05, 4.69) is 45.0 Å². The molecule has 0 saturated carbocycles. The number of aromatic nitrogens is 2. The first-order valence-electron chi connectivity index (χ1n) is 9.48. The number of ether oxygens (including phenoxy) is 2. The van der Waals surface area contributed by atoms with Crippen LogP contribution in [0.3, 0.4) is 0 Å². The van der Waals surface area contributed by atoms with Gasteiger partial charge in [0.25, 0.3) is 0 Å². The van der Waals surface area contributed by atoms with Crippen LogP contribution in [0.25, 0.3) is 5.69 Å². The van der Waals surface area contributed by atoms with Gasteiger partial charge in [0.05, 0.1) is 19.9 Å². The summed E-state index contributed by atoms with van der Waals surface area (Å²) in [5, 5.41) is 10.9. The second-order valence-electron chi connectivity index (χ2n) is 6.37. The zero-order valence-corrected chi connectivity index (χ0v) is 17.1. The Morgan fingerprint density at radius 1 is 1.03 bits per heavy atom. The van der Waals surface area contributed by atoms with Crippen LogP contribution in [0, 0.1) is 0 Å². The molecule has 0 saturated heterocycles. The Kier molecular flexibility index (Phi) is 7.10. The predicted octanol–water partition coefficient (Wildman–Crippen LogP) is 2.80. The second-order valence-corrected chi connectivity index (χ2v) is 6.37. The summed E-state index contributed by atoms with van der Waals surface area (Å²) in [5.41, 5.74) is 3.30. The summed E-state index contributed by atoms with van der Waals surface area (Å²) in [6.07, 6.45) is 4.60. The van der Waals surface area contributed by atoms with Crippen LogP contribution in [0.1, 0.15) is 11.1 Å². The summed E-state index contributed by atoms with van der Waals surface area (Å²) in [5.74, 6) is 2.19. The Balaban J connectivity index is 1.50. The summed E-state index contributed by atoms with van der Waals surface area (Å²) in [4.78, 5) is 4.29. The lowest BCUT2D eigenvalue weighted by Crippen LogP contribution is -2.37. The quantitative estimate of drug-likeness (QED) is 0.455. The van der Waals surface area contributed by atoms with Crippen molar-refractivity contribution < 1.29 is 9.47 Å².